The van der Waals surface area contributed by atoms with Gasteiger partial charge in [-0.15, -0.1) is 0 Å². The van der Waals surface area contributed by atoms with Crippen LogP contribution >= 0.6 is 27.5 Å². The Morgan fingerprint density at radius 2 is 2.05 bits per heavy atom. The Balaban J connectivity index is 2.35. The summed E-state index contributed by atoms with van der Waals surface area (Å²) in [5.74, 6) is 0.887. The van der Waals surface area contributed by atoms with Gasteiger partial charge in [0.25, 0.3) is 0 Å². The summed E-state index contributed by atoms with van der Waals surface area (Å²) in [6, 6.07) is 6.46. The van der Waals surface area contributed by atoms with Crippen LogP contribution in [0.15, 0.2) is 28.9 Å². The molecule has 6 heteroatoms. The molecule has 2 aromatic rings. The third kappa shape index (κ3) is 3.42. The fourth-order valence-electron chi connectivity index (χ4n) is 1.50. The van der Waals surface area contributed by atoms with Gasteiger partial charge in [0.05, 0.1) is 10.7 Å². The first-order valence-corrected chi connectivity index (χ1v) is 6.90. The highest BCUT2D eigenvalue weighted by molar-refractivity contribution is 9.10. The first kappa shape index (κ1) is 14.2. The van der Waals surface area contributed by atoms with Crippen molar-refractivity contribution in [2.75, 3.05) is 5.32 Å². The van der Waals surface area contributed by atoms with Gasteiger partial charge in [-0.1, -0.05) is 31.5 Å². The van der Waals surface area contributed by atoms with Crippen LogP contribution in [-0.2, 0) is 0 Å². The number of nitrogens with one attached hydrogen (secondary N) is 1. The Morgan fingerprint density at radius 1 is 1.32 bits per heavy atom. The van der Waals surface area contributed by atoms with E-state index in [-0.39, 0.29) is 16.6 Å². The van der Waals surface area contributed by atoms with E-state index >= 15 is 0 Å². The van der Waals surface area contributed by atoms with Crippen molar-refractivity contribution >= 4 is 39.0 Å². The van der Waals surface area contributed by atoms with Crippen molar-refractivity contribution < 1.29 is 4.39 Å². The lowest BCUT2D eigenvalue weighted by molar-refractivity contribution is 0.632. The quantitative estimate of drug-likeness (QED) is 0.805. The second kappa shape index (κ2) is 5.84. The van der Waals surface area contributed by atoms with Crippen LogP contribution < -0.4 is 5.32 Å². The summed E-state index contributed by atoms with van der Waals surface area (Å²) in [5.41, 5.74) is 0.285. The van der Waals surface area contributed by atoms with E-state index in [4.69, 9.17) is 11.6 Å². The third-order valence-corrected chi connectivity index (χ3v) is 3.14. The number of aromatic nitrogens is 2. The Hall–Kier alpha value is -1.20. The molecule has 0 atom stereocenters. The summed E-state index contributed by atoms with van der Waals surface area (Å²) in [6.45, 7) is 3.98. The van der Waals surface area contributed by atoms with Crippen LogP contribution in [0.5, 0.6) is 0 Å². The minimum atomic E-state index is -0.495. The predicted octanol–water partition coefficient (Wildman–Crippen LogP) is 4.90. The van der Waals surface area contributed by atoms with Crippen molar-refractivity contribution in [3.05, 3.63) is 45.5 Å². The van der Waals surface area contributed by atoms with E-state index in [1.165, 1.54) is 6.07 Å². The lowest BCUT2D eigenvalue weighted by Crippen LogP contribution is -2.03. The van der Waals surface area contributed by atoms with Gasteiger partial charge in [-0.25, -0.2) is 14.4 Å². The van der Waals surface area contributed by atoms with Crippen LogP contribution in [0.25, 0.3) is 0 Å². The first-order chi connectivity index (χ1) is 8.97. The molecular weight excluding hydrogens is 333 g/mol. The van der Waals surface area contributed by atoms with Crippen molar-refractivity contribution in [2.24, 2.45) is 0 Å². The molecule has 0 saturated carbocycles. The van der Waals surface area contributed by atoms with E-state index in [2.05, 4.69) is 31.2 Å². The van der Waals surface area contributed by atoms with Gasteiger partial charge in [-0.2, -0.15) is 0 Å². The fraction of sp³-hybridized carbons (Fsp3) is 0.231. The molecule has 0 saturated heterocycles. The molecule has 1 N–H and O–H groups in total. The zero-order valence-corrected chi connectivity index (χ0v) is 12.8. The number of nitrogens with zero attached hydrogens (tertiary/aromatic N) is 2. The van der Waals surface area contributed by atoms with Crippen LogP contribution in [0.3, 0.4) is 0 Å². The van der Waals surface area contributed by atoms with Gasteiger partial charge in [0.15, 0.2) is 5.82 Å². The molecule has 19 heavy (non-hydrogen) atoms. The molecule has 0 spiro atoms. The van der Waals surface area contributed by atoms with Crippen LogP contribution in [0, 0.1) is 5.82 Å². The number of benzene rings is 1. The summed E-state index contributed by atoms with van der Waals surface area (Å²) in [5, 5.41) is 2.98. The van der Waals surface area contributed by atoms with E-state index in [9.17, 15) is 4.39 Å². The molecular formula is C13H12BrClFN3. The highest BCUT2D eigenvalue weighted by atomic mass is 79.9. The van der Waals surface area contributed by atoms with Crippen molar-refractivity contribution in [2.45, 2.75) is 19.8 Å². The van der Waals surface area contributed by atoms with Crippen LogP contribution in [0.1, 0.15) is 25.6 Å². The number of halogens is 3. The molecule has 2 rings (SSSR count). The lowest BCUT2D eigenvalue weighted by Gasteiger charge is -2.10. The lowest BCUT2D eigenvalue weighted by atomic mass is 10.2. The first-order valence-electron chi connectivity index (χ1n) is 5.73. The van der Waals surface area contributed by atoms with Gasteiger partial charge >= 0.3 is 0 Å². The Labute approximate surface area is 124 Å². The second-order valence-corrected chi connectivity index (χ2v) is 5.53. The maximum Gasteiger partial charge on any atom is 0.165 e. The van der Waals surface area contributed by atoms with Gasteiger partial charge in [0.1, 0.15) is 16.2 Å². The summed E-state index contributed by atoms with van der Waals surface area (Å²) in [4.78, 5) is 8.60. The van der Waals surface area contributed by atoms with Gasteiger partial charge in [-0.05, 0) is 28.1 Å². The molecule has 100 valence electrons. The zero-order valence-electron chi connectivity index (χ0n) is 10.4. The molecule has 1 heterocycles. The Morgan fingerprint density at radius 3 is 2.74 bits per heavy atom. The molecule has 0 unspecified atom stereocenters. The molecule has 0 amide bonds. The number of rotatable bonds is 3. The van der Waals surface area contributed by atoms with E-state index in [0.29, 0.717) is 16.2 Å². The maximum absolute atomic E-state index is 13.8. The van der Waals surface area contributed by atoms with Crippen molar-refractivity contribution in [1.82, 2.24) is 9.97 Å². The summed E-state index contributed by atoms with van der Waals surface area (Å²) >= 11 is 9.05. The summed E-state index contributed by atoms with van der Waals surface area (Å²) < 4.78 is 14.4. The van der Waals surface area contributed by atoms with E-state index in [1.54, 1.807) is 18.2 Å². The van der Waals surface area contributed by atoms with E-state index in [0.717, 1.165) is 0 Å². The largest absolute Gasteiger partial charge is 0.338 e. The maximum atomic E-state index is 13.8. The van der Waals surface area contributed by atoms with Gasteiger partial charge in [0.2, 0.25) is 0 Å². The average Bonchev–Trinajstić information content (AvgIpc) is 2.34. The molecule has 3 nitrogen and oxygen atoms in total. The predicted molar refractivity (Wildman–Crippen MR) is 78.5 cm³/mol. The average molecular weight is 345 g/mol. The van der Waals surface area contributed by atoms with Crippen molar-refractivity contribution in [1.29, 1.82) is 0 Å². The second-order valence-electron chi connectivity index (χ2n) is 4.32. The van der Waals surface area contributed by atoms with Gasteiger partial charge in [0, 0.05) is 12.0 Å². The summed E-state index contributed by atoms with van der Waals surface area (Å²) in [6.07, 6.45) is 0. The van der Waals surface area contributed by atoms with Crippen LogP contribution in [-0.4, -0.2) is 9.97 Å². The monoisotopic (exact) mass is 343 g/mol. The SMILES string of the molecule is CC(C)c1nc(Br)cc(Nc2cccc(Cl)c2F)n1. The molecule has 0 aliphatic heterocycles. The van der Waals surface area contributed by atoms with Crippen molar-refractivity contribution in [3.63, 3.8) is 0 Å². The molecule has 1 aromatic carbocycles. The van der Waals surface area contributed by atoms with E-state index < -0.39 is 5.82 Å². The molecule has 0 bridgehead atoms. The molecule has 1 aromatic heterocycles. The third-order valence-electron chi connectivity index (χ3n) is 2.44. The van der Waals surface area contributed by atoms with Crippen molar-refractivity contribution in [3.8, 4) is 0 Å². The molecule has 0 aliphatic carbocycles. The minimum Gasteiger partial charge on any atom is -0.338 e. The van der Waals surface area contributed by atoms with E-state index in [1.807, 2.05) is 13.8 Å². The highest BCUT2D eigenvalue weighted by Gasteiger charge is 2.10. The molecule has 0 aliphatic rings. The zero-order chi connectivity index (χ0) is 14.0. The number of hydrogen-bond acceptors (Lipinski definition) is 3. The normalized spacial score (nSPS) is 10.8. The summed E-state index contributed by atoms with van der Waals surface area (Å²) in [7, 11) is 0. The molecule has 0 fully saturated rings. The standard InChI is InChI=1S/C13H12BrClFN3/c1-7(2)13-18-10(14)6-11(19-13)17-9-5-3-4-8(15)12(9)16/h3-7H,1-2H3,(H,17,18,19). The number of hydrogen-bond donors (Lipinski definition) is 1. The fourth-order valence-corrected chi connectivity index (χ4v) is 2.07. The topological polar surface area (TPSA) is 37.8 Å². The van der Waals surface area contributed by atoms with Gasteiger partial charge < -0.3 is 5.32 Å². The smallest absolute Gasteiger partial charge is 0.165 e. The highest BCUT2D eigenvalue weighted by Crippen LogP contribution is 2.26. The minimum absolute atomic E-state index is 0.0715. The van der Waals surface area contributed by atoms with Crippen LogP contribution in [0.4, 0.5) is 15.9 Å². The van der Waals surface area contributed by atoms with Gasteiger partial charge in [-0.3, -0.25) is 0 Å². The number of anilines is 2. The van der Waals surface area contributed by atoms with Crippen LogP contribution in [0.2, 0.25) is 5.02 Å². The Kier molecular flexibility index (Phi) is 4.37. The molecule has 0 radical (unpaired) electrons. The Bertz CT molecular complexity index is 604.